The first-order valence-corrected chi connectivity index (χ1v) is 12.1. The van der Waals surface area contributed by atoms with Crippen LogP contribution in [0.15, 0.2) is 88.2 Å². The number of nitrogens with zero attached hydrogens (tertiary/aromatic N) is 1. The minimum Gasteiger partial charge on any atom is -0.298 e. The second-order valence-corrected chi connectivity index (χ2v) is 10.2. The first kappa shape index (κ1) is 23.1. The Morgan fingerprint density at radius 3 is 1.82 bits per heavy atom. The number of benzene rings is 3. The second-order valence-electron chi connectivity index (χ2n) is 6.96. The number of thiocarbonyl (C=S) groups is 1. The van der Waals surface area contributed by atoms with E-state index < -0.39 is 21.7 Å². The zero-order valence-corrected chi connectivity index (χ0v) is 19.8. The summed E-state index contributed by atoms with van der Waals surface area (Å²) >= 11 is 16.9. The lowest BCUT2D eigenvalue weighted by Gasteiger charge is -2.28. The summed E-state index contributed by atoms with van der Waals surface area (Å²) in [6, 6.07) is 18.1. The molecule has 0 spiro atoms. The van der Waals surface area contributed by atoms with Gasteiger partial charge in [0.05, 0.1) is 15.5 Å². The lowest BCUT2D eigenvalue weighted by Crippen LogP contribution is -2.54. The average molecular weight is 517 g/mol. The van der Waals surface area contributed by atoms with Gasteiger partial charge in [0.2, 0.25) is 9.84 Å². The molecule has 0 aromatic heterocycles. The highest BCUT2D eigenvalue weighted by atomic mass is 35.5. The molecule has 0 bridgehead atoms. The van der Waals surface area contributed by atoms with Crippen molar-refractivity contribution in [2.75, 3.05) is 4.90 Å². The highest BCUT2D eigenvalue weighted by Gasteiger charge is 2.34. The number of nitrogens with one attached hydrogen (secondary N) is 1. The maximum absolute atomic E-state index is 13.0. The number of halogens is 2. The van der Waals surface area contributed by atoms with E-state index in [0.717, 1.165) is 0 Å². The van der Waals surface area contributed by atoms with Crippen molar-refractivity contribution in [1.29, 1.82) is 0 Å². The van der Waals surface area contributed by atoms with E-state index in [1.54, 1.807) is 24.3 Å². The summed E-state index contributed by atoms with van der Waals surface area (Å²) in [5, 5.41) is 3.36. The van der Waals surface area contributed by atoms with E-state index in [4.69, 9.17) is 35.4 Å². The molecule has 4 rings (SSSR count). The van der Waals surface area contributed by atoms with Crippen molar-refractivity contribution in [3.05, 3.63) is 94.0 Å². The second kappa shape index (κ2) is 9.07. The molecule has 2 amide bonds. The standard InChI is InChI=1S/C23H14Cl2N2O4S2/c24-15-3-7-17(8-4-15)27-22(29)20(21(28)26-23(27)32)13-14-1-9-18(10-2-14)33(30,31)19-11-5-16(25)6-12-19/h1-13H,(H,26,28,32)/b20-13+. The summed E-state index contributed by atoms with van der Waals surface area (Å²) in [6.45, 7) is 0. The monoisotopic (exact) mass is 516 g/mol. The smallest absolute Gasteiger partial charge is 0.270 e. The lowest BCUT2D eigenvalue weighted by molar-refractivity contribution is -0.122. The summed E-state index contributed by atoms with van der Waals surface area (Å²) in [7, 11) is -3.74. The Hall–Kier alpha value is -3.04. The molecule has 1 heterocycles. The van der Waals surface area contributed by atoms with Gasteiger partial charge in [0, 0.05) is 10.0 Å². The highest BCUT2D eigenvalue weighted by Crippen LogP contribution is 2.26. The van der Waals surface area contributed by atoms with Crippen LogP contribution in [0.5, 0.6) is 0 Å². The third-order valence-corrected chi connectivity index (χ3v) is 7.39. The van der Waals surface area contributed by atoms with Crippen LogP contribution >= 0.6 is 35.4 Å². The SMILES string of the molecule is O=C1NC(=S)N(c2ccc(Cl)cc2)C(=O)/C1=C/c1ccc(S(=O)(=O)c2ccc(Cl)cc2)cc1. The molecule has 0 unspecified atom stereocenters. The van der Waals surface area contributed by atoms with Crippen LogP contribution in [0.3, 0.4) is 0 Å². The van der Waals surface area contributed by atoms with Gasteiger partial charge in [-0.2, -0.15) is 0 Å². The summed E-state index contributed by atoms with van der Waals surface area (Å²) in [5.41, 5.74) is 0.768. The van der Waals surface area contributed by atoms with E-state index >= 15 is 0 Å². The van der Waals surface area contributed by atoms with Crippen molar-refractivity contribution < 1.29 is 18.0 Å². The Labute approximate surface area is 205 Å². The zero-order chi connectivity index (χ0) is 23.8. The lowest BCUT2D eigenvalue weighted by atomic mass is 10.1. The molecule has 0 atom stereocenters. The molecular weight excluding hydrogens is 503 g/mol. The minimum absolute atomic E-state index is 0.0473. The van der Waals surface area contributed by atoms with Gasteiger partial charge >= 0.3 is 0 Å². The van der Waals surface area contributed by atoms with Crippen LogP contribution in [-0.2, 0) is 19.4 Å². The highest BCUT2D eigenvalue weighted by molar-refractivity contribution is 7.91. The number of sulfone groups is 1. The molecule has 0 saturated carbocycles. The Morgan fingerprint density at radius 1 is 0.788 bits per heavy atom. The maximum Gasteiger partial charge on any atom is 0.270 e. The molecule has 1 aliphatic rings. The number of anilines is 1. The molecule has 1 N–H and O–H groups in total. The largest absolute Gasteiger partial charge is 0.298 e. The fourth-order valence-corrected chi connectivity index (χ4v) is 4.94. The molecule has 33 heavy (non-hydrogen) atoms. The first-order valence-electron chi connectivity index (χ1n) is 9.44. The third-order valence-electron chi connectivity index (χ3n) is 4.81. The van der Waals surface area contributed by atoms with Crippen molar-refractivity contribution >= 4 is 73.9 Å². The molecule has 1 aliphatic heterocycles. The average Bonchev–Trinajstić information content (AvgIpc) is 2.78. The van der Waals surface area contributed by atoms with Gasteiger partial charge in [-0.25, -0.2) is 8.42 Å². The third kappa shape index (κ3) is 4.69. The van der Waals surface area contributed by atoms with Gasteiger partial charge in [0.25, 0.3) is 11.8 Å². The van der Waals surface area contributed by atoms with Crippen molar-refractivity contribution in [3.8, 4) is 0 Å². The van der Waals surface area contributed by atoms with E-state index in [2.05, 4.69) is 5.32 Å². The maximum atomic E-state index is 13.0. The Balaban J connectivity index is 1.64. The summed E-state index contributed by atoms with van der Waals surface area (Å²) in [4.78, 5) is 26.9. The Morgan fingerprint density at radius 2 is 1.27 bits per heavy atom. The fraction of sp³-hybridized carbons (Fsp3) is 0. The number of carbonyl (C=O) groups is 2. The van der Waals surface area contributed by atoms with Crippen LogP contribution in [0.2, 0.25) is 10.0 Å². The van der Waals surface area contributed by atoms with Gasteiger partial charge in [-0.15, -0.1) is 0 Å². The normalized spacial score (nSPS) is 15.6. The van der Waals surface area contributed by atoms with E-state index in [9.17, 15) is 18.0 Å². The van der Waals surface area contributed by atoms with Crippen molar-refractivity contribution in [2.45, 2.75) is 9.79 Å². The Bertz CT molecular complexity index is 1400. The number of rotatable bonds is 4. The summed E-state index contributed by atoms with van der Waals surface area (Å²) < 4.78 is 25.6. The van der Waals surface area contributed by atoms with Crippen molar-refractivity contribution in [2.24, 2.45) is 0 Å². The van der Waals surface area contributed by atoms with E-state index in [1.165, 1.54) is 59.5 Å². The van der Waals surface area contributed by atoms with Crippen LogP contribution < -0.4 is 10.2 Å². The van der Waals surface area contributed by atoms with E-state index in [1.807, 2.05) is 0 Å². The van der Waals surface area contributed by atoms with Crippen LogP contribution in [0.4, 0.5) is 5.69 Å². The quantitative estimate of drug-likeness (QED) is 0.309. The molecule has 3 aromatic rings. The molecule has 10 heteroatoms. The predicted molar refractivity (Wildman–Crippen MR) is 131 cm³/mol. The van der Waals surface area contributed by atoms with E-state index in [0.29, 0.717) is 21.3 Å². The number of amides is 2. The molecular formula is C23H14Cl2N2O4S2. The van der Waals surface area contributed by atoms with Crippen LogP contribution in [0, 0.1) is 0 Å². The summed E-state index contributed by atoms with van der Waals surface area (Å²) in [6.07, 6.45) is 1.38. The number of carbonyl (C=O) groups excluding carboxylic acids is 2. The first-order chi connectivity index (χ1) is 15.7. The van der Waals surface area contributed by atoms with Gasteiger partial charge in [-0.05, 0) is 84.5 Å². The van der Waals surface area contributed by atoms with E-state index in [-0.39, 0.29) is 20.5 Å². The molecule has 3 aromatic carbocycles. The molecule has 1 fully saturated rings. The van der Waals surface area contributed by atoms with Crippen LogP contribution in [0.1, 0.15) is 5.56 Å². The number of hydrogen-bond donors (Lipinski definition) is 1. The molecule has 6 nitrogen and oxygen atoms in total. The van der Waals surface area contributed by atoms with Gasteiger partial charge < -0.3 is 0 Å². The van der Waals surface area contributed by atoms with Crippen molar-refractivity contribution in [1.82, 2.24) is 5.32 Å². The van der Waals surface area contributed by atoms with Crippen molar-refractivity contribution in [3.63, 3.8) is 0 Å². The summed E-state index contributed by atoms with van der Waals surface area (Å²) in [5.74, 6) is -1.25. The van der Waals surface area contributed by atoms with Gasteiger partial charge in [0.1, 0.15) is 5.57 Å². The topological polar surface area (TPSA) is 83.6 Å². The zero-order valence-electron chi connectivity index (χ0n) is 16.7. The van der Waals surface area contributed by atoms with Crippen LogP contribution in [0.25, 0.3) is 6.08 Å². The van der Waals surface area contributed by atoms with Gasteiger partial charge in [-0.3, -0.25) is 19.8 Å². The minimum atomic E-state index is -3.74. The number of hydrogen-bond acceptors (Lipinski definition) is 5. The molecule has 0 aliphatic carbocycles. The predicted octanol–water partition coefficient (Wildman–Crippen LogP) is 4.66. The fourth-order valence-electron chi connectivity index (χ4n) is 3.14. The molecule has 0 radical (unpaired) electrons. The van der Waals surface area contributed by atoms with Crippen LogP contribution in [-0.4, -0.2) is 25.3 Å². The Kier molecular flexibility index (Phi) is 6.36. The van der Waals surface area contributed by atoms with Gasteiger partial charge in [-0.1, -0.05) is 35.3 Å². The molecule has 166 valence electrons. The molecule has 1 saturated heterocycles. The van der Waals surface area contributed by atoms with Gasteiger partial charge in [0.15, 0.2) is 5.11 Å².